The molecule has 0 saturated heterocycles. The Morgan fingerprint density at radius 2 is 1.69 bits per heavy atom. The first kappa shape index (κ1) is 19.7. The number of aromatic nitrogens is 2. The van der Waals surface area contributed by atoms with Gasteiger partial charge >= 0.3 is 11.9 Å². The molecule has 140 valence electrons. The fourth-order valence-corrected chi connectivity index (χ4v) is 2.69. The number of nitrogens with one attached hydrogen (secondary N) is 1. The van der Waals surface area contributed by atoms with E-state index in [0.29, 0.717) is 12.1 Å². The predicted molar refractivity (Wildman–Crippen MR) is 97.4 cm³/mol. The van der Waals surface area contributed by atoms with Crippen LogP contribution in [0.2, 0.25) is 0 Å². The summed E-state index contributed by atoms with van der Waals surface area (Å²) in [7, 11) is 0. The van der Waals surface area contributed by atoms with Crippen LogP contribution in [0.25, 0.3) is 5.69 Å². The molecule has 0 radical (unpaired) electrons. The zero-order valence-corrected chi connectivity index (χ0v) is 15.2. The second-order valence-electron chi connectivity index (χ2n) is 6.87. The molecule has 3 N–H and O–H groups in total. The van der Waals surface area contributed by atoms with Crippen LogP contribution in [0.15, 0.2) is 36.5 Å². The molecule has 2 aromatic rings. The van der Waals surface area contributed by atoms with Gasteiger partial charge in [0.15, 0.2) is 0 Å². The third-order valence-corrected chi connectivity index (χ3v) is 4.06. The quantitative estimate of drug-likeness (QED) is 0.634. The third-order valence-electron chi connectivity index (χ3n) is 4.06. The summed E-state index contributed by atoms with van der Waals surface area (Å²) in [6.45, 7) is 5.80. The largest absolute Gasteiger partial charge is 0.480 e. The molecule has 2 unspecified atom stereocenters. The van der Waals surface area contributed by atoms with Crippen LogP contribution in [-0.4, -0.2) is 44.0 Å². The highest BCUT2D eigenvalue weighted by Crippen LogP contribution is 2.12. The van der Waals surface area contributed by atoms with E-state index in [1.54, 1.807) is 16.9 Å². The van der Waals surface area contributed by atoms with E-state index in [1.165, 1.54) is 0 Å². The molecule has 2 atom stereocenters. The normalized spacial score (nSPS) is 13.5. The second-order valence-corrected chi connectivity index (χ2v) is 6.87. The summed E-state index contributed by atoms with van der Waals surface area (Å²) in [5.74, 6) is -2.00. The van der Waals surface area contributed by atoms with E-state index in [2.05, 4.69) is 10.4 Å². The standard InChI is InChI=1S/C19H25N3O4/c1-12(2)10-16(18(23)24)20-17(19(25)26)11-14-8-9-22(21-14)15-6-4-13(3)5-7-15/h4-9,12,16-17,20H,10-11H2,1-3H3,(H,23,24)(H,25,26). The lowest BCUT2D eigenvalue weighted by atomic mass is 10.0. The maximum Gasteiger partial charge on any atom is 0.321 e. The number of nitrogens with zero attached hydrogens (tertiary/aromatic N) is 2. The van der Waals surface area contributed by atoms with Gasteiger partial charge in [0.05, 0.1) is 11.4 Å². The van der Waals surface area contributed by atoms with Crippen LogP contribution in [0.3, 0.4) is 0 Å². The molecule has 1 aromatic carbocycles. The highest BCUT2D eigenvalue weighted by Gasteiger charge is 2.27. The Bertz CT molecular complexity index is 752. The van der Waals surface area contributed by atoms with Crippen molar-refractivity contribution in [2.75, 3.05) is 0 Å². The van der Waals surface area contributed by atoms with Crippen LogP contribution < -0.4 is 5.32 Å². The van der Waals surface area contributed by atoms with Crippen molar-refractivity contribution in [2.45, 2.75) is 45.7 Å². The van der Waals surface area contributed by atoms with Crippen molar-refractivity contribution in [2.24, 2.45) is 5.92 Å². The van der Waals surface area contributed by atoms with Gasteiger partial charge in [0.2, 0.25) is 0 Å². The molecule has 0 aliphatic rings. The number of carbonyl (C=O) groups is 2. The lowest BCUT2D eigenvalue weighted by Crippen LogP contribution is -2.48. The molecule has 0 amide bonds. The lowest BCUT2D eigenvalue weighted by molar-refractivity contribution is -0.142. The van der Waals surface area contributed by atoms with Crippen molar-refractivity contribution < 1.29 is 19.8 Å². The molecule has 0 aliphatic carbocycles. The molecule has 1 heterocycles. The smallest absolute Gasteiger partial charge is 0.321 e. The van der Waals surface area contributed by atoms with E-state index in [4.69, 9.17) is 0 Å². The molecule has 0 spiro atoms. The molecule has 0 aliphatic heterocycles. The molecule has 7 nitrogen and oxygen atoms in total. The number of benzene rings is 1. The summed E-state index contributed by atoms with van der Waals surface area (Å²) in [5.41, 5.74) is 2.60. The van der Waals surface area contributed by atoms with Gasteiger partial charge in [0, 0.05) is 12.6 Å². The van der Waals surface area contributed by atoms with Gasteiger partial charge in [-0.05, 0) is 37.5 Å². The SMILES string of the molecule is Cc1ccc(-n2ccc(CC(NC(CC(C)C)C(=O)O)C(=O)O)n2)cc1. The minimum absolute atomic E-state index is 0.107. The lowest BCUT2D eigenvalue weighted by Gasteiger charge is -2.21. The minimum Gasteiger partial charge on any atom is -0.480 e. The van der Waals surface area contributed by atoms with Gasteiger partial charge in [-0.1, -0.05) is 31.5 Å². The van der Waals surface area contributed by atoms with Gasteiger partial charge in [-0.15, -0.1) is 0 Å². The number of hydrogen-bond donors (Lipinski definition) is 3. The Morgan fingerprint density at radius 1 is 1.08 bits per heavy atom. The maximum atomic E-state index is 11.6. The van der Waals surface area contributed by atoms with Crippen LogP contribution in [0, 0.1) is 12.8 Å². The first-order chi connectivity index (χ1) is 12.3. The first-order valence-electron chi connectivity index (χ1n) is 8.59. The van der Waals surface area contributed by atoms with Gasteiger partial charge in [0.1, 0.15) is 12.1 Å². The van der Waals surface area contributed by atoms with E-state index in [-0.39, 0.29) is 12.3 Å². The highest BCUT2D eigenvalue weighted by molar-refractivity contribution is 5.77. The number of aliphatic carboxylic acids is 2. The summed E-state index contributed by atoms with van der Waals surface area (Å²) in [4.78, 5) is 23.0. The Balaban J connectivity index is 2.11. The van der Waals surface area contributed by atoms with E-state index in [0.717, 1.165) is 11.3 Å². The fourth-order valence-electron chi connectivity index (χ4n) is 2.69. The molecule has 0 fully saturated rings. The minimum atomic E-state index is -1.09. The Hall–Kier alpha value is -2.67. The zero-order chi connectivity index (χ0) is 19.3. The third kappa shape index (κ3) is 5.42. The molecule has 7 heteroatoms. The molecular formula is C19H25N3O4. The van der Waals surface area contributed by atoms with Crippen molar-refractivity contribution >= 4 is 11.9 Å². The van der Waals surface area contributed by atoms with E-state index < -0.39 is 24.0 Å². The predicted octanol–water partition coefficient (Wildman–Crippen LogP) is 2.27. The average Bonchev–Trinajstić information content (AvgIpc) is 3.02. The second kappa shape index (κ2) is 8.62. The summed E-state index contributed by atoms with van der Waals surface area (Å²) >= 11 is 0. The molecule has 26 heavy (non-hydrogen) atoms. The van der Waals surface area contributed by atoms with Gasteiger partial charge in [0.25, 0.3) is 0 Å². The Labute approximate surface area is 152 Å². The number of aryl methyl sites for hydroxylation is 1. The number of carboxylic acid groups (broad SMARTS) is 2. The molecule has 0 bridgehead atoms. The van der Waals surface area contributed by atoms with Gasteiger partial charge in [-0.2, -0.15) is 5.10 Å². The van der Waals surface area contributed by atoms with E-state index in [9.17, 15) is 19.8 Å². The molecular weight excluding hydrogens is 334 g/mol. The Morgan fingerprint density at radius 3 is 2.23 bits per heavy atom. The summed E-state index contributed by atoms with van der Waals surface area (Å²) < 4.78 is 1.68. The van der Waals surface area contributed by atoms with Crippen LogP contribution in [0.1, 0.15) is 31.5 Å². The highest BCUT2D eigenvalue weighted by atomic mass is 16.4. The summed E-state index contributed by atoms with van der Waals surface area (Å²) in [6.07, 6.45) is 2.23. The maximum absolute atomic E-state index is 11.6. The average molecular weight is 359 g/mol. The van der Waals surface area contributed by atoms with Gasteiger partial charge in [-0.3, -0.25) is 14.9 Å². The van der Waals surface area contributed by atoms with Crippen LogP contribution in [-0.2, 0) is 16.0 Å². The molecule has 2 rings (SSSR count). The fraction of sp³-hybridized carbons (Fsp3) is 0.421. The topological polar surface area (TPSA) is 104 Å². The van der Waals surface area contributed by atoms with Crippen LogP contribution in [0.4, 0.5) is 0 Å². The van der Waals surface area contributed by atoms with Crippen molar-refractivity contribution in [3.63, 3.8) is 0 Å². The van der Waals surface area contributed by atoms with Gasteiger partial charge in [-0.25, -0.2) is 4.68 Å². The number of hydrogen-bond acceptors (Lipinski definition) is 4. The van der Waals surface area contributed by atoms with Gasteiger partial charge < -0.3 is 10.2 Å². The van der Waals surface area contributed by atoms with Crippen molar-refractivity contribution in [1.82, 2.24) is 15.1 Å². The molecule has 0 saturated carbocycles. The number of carboxylic acids is 2. The summed E-state index contributed by atoms with van der Waals surface area (Å²) in [5, 5.41) is 25.9. The number of rotatable bonds is 9. The van der Waals surface area contributed by atoms with E-state index >= 15 is 0 Å². The van der Waals surface area contributed by atoms with Crippen LogP contribution in [0.5, 0.6) is 0 Å². The summed E-state index contributed by atoms with van der Waals surface area (Å²) in [6, 6.07) is 7.63. The van der Waals surface area contributed by atoms with Crippen molar-refractivity contribution in [3.8, 4) is 5.69 Å². The van der Waals surface area contributed by atoms with Crippen LogP contribution >= 0.6 is 0 Å². The Kier molecular flexibility index (Phi) is 6.52. The van der Waals surface area contributed by atoms with Crippen molar-refractivity contribution in [3.05, 3.63) is 47.8 Å². The van der Waals surface area contributed by atoms with E-state index in [1.807, 2.05) is 45.0 Å². The zero-order valence-electron chi connectivity index (χ0n) is 15.2. The monoisotopic (exact) mass is 359 g/mol. The first-order valence-corrected chi connectivity index (χ1v) is 8.59. The molecule has 1 aromatic heterocycles. The van der Waals surface area contributed by atoms with Crippen molar-refractivity contribution in [1.29, 1.82) is 0 Å².